The lowest BCUT2D eigenvalue weighted by molar-refractivity contribution is 0.197. The molecule has 0 saturated heterocycles. The number of carbonyl (C=O) groups excluding carboxylic acids is 1. The van der Waals surface area contributed by atoms with E-state index < -0.39 is 6.09 Å². The zero-order valence-corrected chi connectivity index (χ0v) is 7.64. The summed E-state index contributed by atoms with van der Waals surface area (Å²) in [6.07, 6.45) is 3.85. The van der Waals surface area contributed by atoms with Crippen LogP contribution in [0.15, 0.2) is 37.1 Å². The summed E-state index contributed by atoms with van der Waals surface area (Å²) in [5, 5.41) is 0. The van der Waals surface area contributed by atoms with Gasteiger partial charge in [0.25, 0.3) is 0 Å². The van der Waals surface area contributed by atoms with E-state index in [1.807, 2.05) is 24.3 Å². The second-order valence-corrected chi connectivity index (χ2v) is 2.61. The third-order valence-corrected chi connectivity index (χ3v) is 1.62. The van der Waals surface area contributed by atoms with Crippen LogP contribution in [0.2, 0.25) is 0 Å². The molecule has 0 fully saturated rings. The van der Waals surface area contributed by atoms with Gasteiger partial charge in [0.05, 0.1) is 6.26 Å². The molecule has 1 aromatic rings. The first-order chi connectivity index (χ1) is 6.72. The van der Waals surface area contributed by atoms with E-state index in [-0.39, 0.29) is 0 Å². The van der Waals surface area contributed by atoms with Gasteiger partial charge in [-0.1, -0.05) is 36.9 Å². The van der Waals surface area contributed by atoms with Crippen LogP contribution >= 0.6 is 0 Å². The summed E-state index contributed by atoms with van der Waals surface area (Å²) in [5.41, 5.74) is 6.74. The van der Waals surface area contributed by atoms with E-state index >= 15 is 0 Å². The third-order valence-electron chi connectivity index (χ3n) is 1.62. The predicted octanol–water partition coefficient (Wildman–Crippen LogP) is 2.40. The number of amides is 1. The summed E-state index contributed by atoms with van der Waals surface area (Å²) in [4.78, 5) is 10.2. The highest BCUT2D eigenvalue weighted by molar-refractivity contribution is 5.66. The Hall–Kier alpha value is -2.03. The predicted molar refractivity (Wildman–Crippen MR) is 56.2 cm³/mol. The van der Waals surface area contributed by atoms with Gasteiger partial charge in [0.15, 0.2) is 0 Å². The van der Waals surface area contributed by atoms with Crippen LogP contribution in [0.4, 0.5) is 4.79 Å². The minimum absolute atomic E-state index is 0.816. The van der Waals surface area contributed by atoms with Crippen molar-refractivity contribution in [1.29, 1.82) is 0 Å². The number of carbonyl (C=O) groups is 1. The number of primary amides is 1. The van der Waals surface area contributed by atoms with Gasteiger partial charge >= 0.3 is 6.09 Å². The Morgan fingerprint density at radius 2 is 1.86 bits per heavy atom. The minimum atomic E-state index is -0.816. The fourth-order valence-corrected chi connectivity index (χ4v) is 0.923. The van der Waals surface area contributed by atoms with E-state index in [1.54, 1.807) is 12.2 Å². The van der Waals surface area contributed by atoms with Gasteiger partial charge in [-0.2, -0.15) is 0 Å². The highest BCUT2D eigenvalue weighted by Crippen LogP contribution is 2.06. The van der Waals surface area contributed by atoms with E-state index in [0.717, 1.165) is 11.1 Å². The summed E-state index contributed by atoms with van der Waals surface area (Å²) < 4.78 is 4.44. The maximum Gasteiger partial charge on any atom is 0.409 e. The number of hydrogen-bond donors (Lipinski definition) is 1. The Morgan fingerprint density at radius 1 is 1.29 bits per heavy atom. The molecule has 1 aromatic carbocycles. The molecule has 1 amide bonds. The fraction of sp³-hybridized carbons (Fsp3) is 0. The first-order valence-electron chi connectivity index (χ1n) is 4.07. The number of benzene rings is 1. The third kappa shape index (κ3) is 3.15. The molecule has 0 aliphatic rings. The Balaban J connectivity index is 2.63. The molecule has 0 bridgehead atoms. The molecule has 14 heavy (non-hydrogen) atoms. The van der Waals surface area contributed by atoms with Crippen molar-refractivity contribution < 1.29 is 9.53 Å². The monoisotopic (exact) mass is 189 g/mol. The van der Waals surface area contributed by atoms with Crippen LogP contribution in [-0.2, 0) is 4.74 Å². The molecular formula is C11H11NO2. The molecule has 3 nitrogen and oxygen atoms in total. The molecule has 2 N–H and O–H groups in total. The quantitative estimate of drug-likeness (QED) is 0.742. The molecule has 0 heterocycles. The van der Waals surface area contributed by atoms with Crippen LogP contribution in [0.5, 0.6) is 0 Å². The molecule has 1 rings (SSSR count). The molecule has 3 heteroatoms. The van der Waals surface area contributed by atoms with E-state index in [2.05, 4.69) is 11.3 Å². The largest absolute Gasteiger partial charge is 0.418 e. The van der Waals surface area contributed by atoms with Crippen LogP contribution in [0, 0.1) is 0 Å². The van der Waals surface area contributed by atoms with Crippen LogP contribution in [0.1, 0.15) is 11.1 Å². The van der Waals surface area contributed by atoms with Crippen LogP contribution in [0.25, 0.3) is 12.2 Å². The SMILES string of the molecule is C=Cc1ccc(C=COC(N)=O)cc1. The van der Waals surface area contributed by atoms with Gasteiger partial charge in [0.1, 0.15) is 0 Å². The normalized spacial score (nSPS) is 10.0. The topological polar surface area (TPSA) is 52.3 Å². The Labute approximate surface area is 82.5 Å². The first kappa shape index (κ1) is 10.1. The lowest BCUT2D eigenvalue weighted by Gasteiger charge is -1.95. The lowest BCUT2D eigenvalue weighted by atomic mass is 10.1. The lowest BCUT2D eigenvalue weighted by Crippen LogP contribution is -2.08. The van der Waals surface area contributed by atoms with E-state index in [9.17, 15) is 4.79 Å². The molecule has 0 spiro atoms. The highest BCUT2D eigenvalue weighted by atomic mass is 16.5. The Morgan fingerprint density at radius 3 is 2.36 bits per heavy atom. The van der Waals surface area contributed by atoms with E-state index in [1.165, 1.54) is 6.26 Å². The van der Waals surface area contributed by atoms with Crippen molar-refractivity contribution in [2.75, 3.05) is 0 Å². The molecule has 72 valence electrons. The van der Waals surface area contributed by atoms with Gasteiger partial charge in [-0.05, 0) is 17.2 Å². The second-order valence-electron chi connectivity index (χ2n) is 2.61. The first-order valence-corrected chi connectivity index (χ1v) is 4.07. The molecule has 0 radical (unpaired) electrons. The van der Waals surface area contributed by atoms with Gasteiger partial charge < -0.3 is 10.5 Å². The van der Waals surface area contributed by atoms with Crippen LogP contribution in [0.3, 0.4) is 0 Å². The van der Waals surface area contributed by atoms with Crippen molar-refractivity contribution >= 4 is 18.2 Å². The molecular weight excluding hydrogens is 178 g/mol. The number of ether oxygens (including phenoxy) is 1. The van der Waals surface area contributed by atoms with Crippen molar-refractivity contribution in [3.8, 4) is 0 Å². The molecule has 0 atom stereocenters. The second kappa shape index (κ2) is 4.87. The van der Waals surface area contributed by atoms with Crippen molar-refractivity contribution in [2.45, 2.75) is 0 Å². The molecule has 0 saturated carbocycles. The van der Waals surface area contributed by atoms with Gasteiger partial charge in [-0.25, -0.2) is 4.79 Å². The zero-order valence-electron chi connectivity index (χ0n) is 7.64. The number of hydrogen-bond acceptors (Lipinski definition) is 2. The molecule has 0 aliphatic carbocycles. The van der Waals surface area contributed by atoms with E-state index in [0.29, 0.717) is 0 Å². The van der Waals surface area contributed by atoms with Crippen LogP contribution in [-0.4, -0.2) is 6.09 Å². The number of nitrogens with two attached hydrogens (primary N) is 1. The van der Waals surface area contributed by atoms with Gasteiger partial charge in [-0.15, -0.1) is 0 Å². The fourth-order valence-electron chi connectivity index (χ4n) is 0.923. The minimum Gasteiger partial charge on any atom is -0.418 e. The standard InChI is InChI=1S/C11H11NO2/c1-2-9-3-5-10(6-4-9)7-8-14-11(12)13/h2-8H,1H2,(H2,12,13). The molecule has 0 aromatic heterocycles. The summed E-state index contributed by atoms with van der Waals surface area (Å²) in [6.45, 7) is 3.64. The maximum absolute atomic E-state index is 10.2. The van der Waals surface area contributed by atoms with Crippen molar-refractivity contribution in [1.82, 2.24) is 0 Å². The van der Waals surface area contributed by atoms with Gasteiger partial charge in [-0.3, -0.25) is 0 Å². The Kier molecular flexibility index (Phi) is 3.49. The smallest absolute Gasteiger partial charge is 0.409 e. The molecule has 0 aliphatic heterocycles. The average molecular weight is 189 g/mol. The average Bonchev–Trinajstić information content (AvgIpc) is 2.18. The number of rotatable bonds is 3. The van der Waals surface area contributed by atoms with Gasteiger partial charge in [0, 0.05) is 0 Å². The van der Waals surface area contributed by atoms with Crippen molar-refractivity contribution in [2.24, 2.45) is 5.73 Å². The Bertz CT molecular complexity index is 352. The van der Waals surface area contributed by atoms with Gasteiger partial charge in [0.2, 0.25) is 0 Å². The summed E-state index contributed by atoms with van der Waals surface area (Å²) >= 11 is 0. The summed E-state index contributed by atoms with van der Waals surface area (Å²) in [5.74, 6) is 0. The van der Waals surface area contributed by atoms with Crippen LogP contribution < -0.4 is 5.73 Å². The maximum atomic E-state index is 10.2. The zero-order chi connectivity index (χ0) is 10.4. The van der Waals surface area contributed by atoms with Crippen molar-refractivity contribution in [3.63, 3.8) is 0 Å². The van der Waals surface area contributed by atoms with Crippen molar-refractivity contribution in [3.05, 3.63) is 48.2 Å². The summed E-state index contributed by atoms with van der Waals surface area (Å²) in [7, 11) is 0. The van der Waals surface area contributed by atoms with E-state index in [4.69, 9.17) is 5.73 Å². The highest BCUT2D eigenvalue weighted by Gasteiger charge is 1.89. The molecule has 0 unspecified atom stereocenters. The summed E-state index contributed by atoms with van der Waals surface area (Å²) in [6, 6.07) is 7.60.